The maximum absolute atomic E-state index is 14.2. The lowest BCUT2D eigenvalue weighted by Crippen LogP contribution is -2.41. The molecule has 7 heteroatoms. The first-order valence-electron chi connectivity index (χ1n) is 11.4. The van der Waals surface area contributed by atoms with E-state index in [-0.39, 0.29) is 11.7 Å². The number of aromatic amines is 1. The summed E-state index contributed by atoms with van der Waals surface area (Å²) in [5, 5.41) is 28.6. The minimum Gasteiger partial charge on any atom is -0.481 e. The molecule has 0 radical (unpaired) electrons. The minimum absolute atomic E-state index is 0.0414. The van der Waals surface area contributed by atoms with Crippen LogP contribution < -0.4 is 0 Å². The number of carboxylic acids is 1. The zero-order chi connectivity index (χ0) is 24.4. The molecule has 174 valence electrons. The fourth-order valence-corrected chi connectivity index (χ4v) is 5.55. The smallest absolute Gasteiger partial charge is 0.309 e. The Balaban J connectivity index is 1.87. The van der Waals surface area contributed by atoms with Gasteiger partial charge in [-0.1, -0.05) is 13.8 Å². The molecule has 1 fully saturated rings. The molecule has 4 aromatic rings. The molecule has 0 spiro atoms. The third-order valence-electron chi connectivity index (χ3n) is 7.45. The van der Waals surface area contributed by atoms with Gasteiger partial charge in [0.15, 0.2) is 0 Å². The van der Waals surface area contributed by atoms with Crippen molar-refractivity contribution in [1.29, 1.82) is 5.26 Å². The molecule has 2 aromatic heterocycles. The molecule has 2 aromatic carbocycles. The average molecular weight is 459 g/mol. The number of aliphatic carboxylic acids is 1. The molecule has 0 saturated heterocycles. The fraction of sp³-hybridized carbons (Fsp3) is 0.370. The van der Waals surface area contributed by atoms with Crippen molar-refractivity contribution in [2.24, 2.45) is 5.41 Å². The van der Waals surface area contributed by atoms with Gasteiger partial charge < -0.3 is 9.67 Å². The number of H-pyrrole nitrogens is 1. The third-order valence-corrected chi connectivity index (χ3v) is 7.45. The van der Waals surface area contributed by atoms with E-state index < -0.39 is 16.8 Å². The van der Waals surface area contributed by atoms with Crippen molar-refractivity contribution in [1.82, 2.24) is 14.8 Å². The van der Waals surface area contributed by atoms with E-state index in [1.807, 2.05) is 19.9 Å². The minimum atomic E-state index is -0.782. The van der Waals surface area contributed by atoms with Crippen LogP contribution in [0.15, 0.2) is 36.5 Å². The first-order valence-corrected chi connectivity index (χ1v) is 11.4. The summed E-state index contributed by atoms with van der Waals surface area (Å²) in [7, 11) is 0. The lowest BCUT2D eigenvalue weighted by molar-refractivity contribution is -0.154. The molecule has 0 aliphatic heterocycles. The lowest BCUT2D eigenvalue weighted by atomic mass is 9.59. The van der Waals surface area contributed by atoms with Crippen molar-refractivity contribution in [3.8, 4) is 11.8 Å². The van der Waals surface area contributed by atoms with Gasteiger partial charge in [-0.05, 0) is 74.1 Å². The van der Waals surface area contributed by atoms with Gasteiger partial charge >= 0.3 is 5.97 Å². The lowest BCUT2D eigenvalue weighted by Gasteiger charge is -2.43. The Morgan fingerprint density at radius 1 is 1.35 bits per heavy atom. The highest BCUT2D eigenvalue weighted by molar-refractivity contribution is 5.99. The van der Waals surface area contributed by atoms with Crippen LogP contribution in [0.5, 0.6) is 0 Å². The second-order valence-corrected chi connectivity index (χ2v) is 10.5. The zero-order valence-corrected chi connectivity index (χ0v) is 19.7. The number of halogens is 1. The summed E-state index contributed by atoms with van der Waals surface area (Å²) in [5.74, 6) is -1.01. The quantitative estimate of drug-likeness (QED) is 0.377. The van der Waals surface area contributed by atoms with E-state index in [0.29, 0.717) is 24.8 Å². The van der Waals surface area contributed by atoms with Gasteiger partial charge in [0.2, 0.25) is 0 Å². The first kappa shape index (κ1) is 22.1. The summed E-state index contributed by atoms with van der Waals surface area (Å²) >= 11 is 0. The topological polar surface area (TPSA) is 94.7 Å². The summed E-state index contributed by atoms with van der Waals surface area (Å²) in [6, 6.07) is 11.5. The normalized spacial score (nSPS) is 20.4. The van der Waals surface area contributed by atoms with Crippen molar-refractivity contribution in [3.05, 3.63) is 59.2 Å². The number of nitrogens with one attached hydrogen (secondary N) is 1. The van der Waals surface area contributed by atoms with Crippen LogP contribution in [-0.4, -0.2) is 25.8 Å². The molecular formula is C27H27FN4O2. The highest BCUT2D eigenvalue weighted by atomic mass is 19.1. The standard InChI is InChI=1S/C27H27FN4O2/c1-15-9-18(5-6-20(15)28)32-22-10-16-14-30-31-21(16)11-19(22)23(24(32)26(2,3)7-8-29)17-12-27(4,13-17)25(33)34/h5-6,9-11,14,17H,7,12-13H2,1-4H3,(H,30,31)(H,33,34)/t17-,27-. The van der Waals surface area contributed by atoms with Gasteiger partial charge in [-0.2, -0.15) is 10.4 Å². The van der Waals surface area contributed by atoms with Crippen molar-refractivity contribution in [3.63, 3.8) is 0 Å². The molecule has 0 bridgehead atoms. The molecule has 1 aliphatic rings. The number of nitriles is 1. The van der Waals surface area contributed by atoms with Gasteiger partial charge in [-0.25, -0.2) is 4.39 Å². The Labute approximate surface area is 197 Å². The molecule has 0 unspecified atom stereocenters. The third kappa shape index (κ3) is 3.20. The number of fused-ring (bicyclic) bond motifs is 2. The van der Waals surface area contributed by atoms with Gasteiger partial charge in [0.1, 0.15) is 5.82 Å². The van der Waals surface area contributed by atoms with E-state index in [0.717, 1.165) is 38.8 Å². The average Bonchev–Trinajstić information content (AvgIpc) is 3.33. The largest absolute Gasteiger partial charge is 0.481 e. The number of rotatable bonds is 5. The van der Waals surface area contributed by atoms with Crippen molar-refractivity contribution in [2.75, 3.05) is 0 Å². The number of aromatic nitrogens is 3. The molecule has 1 aliphatic carbocycles. The van der Waals surface area contributed by atoms with Crippen LogP contribution in [0.1, 0.15) is 62.8 Å². The molecule has 6 nitrogen and oxygen atoms in total. The Bertz CT molecular complexity index is 1500. The number of carboxylic acid groups (broad SMARTS) is 1. The zero-order valence-electron chi connectivity index (χ0n) is 19.7. The SMILES string of the molecule is Cc1cc(-n2c(C(C)(C)CC#N)c([C@H]3C[C@](C)(C(=O)O)C3)c3cc4[nH]ncc4cc32)ccc1F. The van der Waals surface area contributed by atoms with Crippen molar-refractivity contribution in [2.45, 2.75) is 58.3 Å². The van der Waals surface area contributed by atoms with E-state index >= 15 is 0 Å². The van der Waals surface area contributed by atoms with E-state index in [9.17, 15) is 19.6 Å². The summed E-state index contributed by atoms with van der Waals surface area (Å²) in [4.78, 5) is 11.9. The second-order valence-electron chi connectivity index (χ2n) is 10.5. The van der Waals surface area contributed by atoms with Crippen LogP contribution in [0.4, 0.5) is 4.39 Å². The maximum atomic E-state index is 14.2. The van der Waals surface area contributed by atoms with Gasteiger partial charge in [-0.15, -0.1) is 0 Å². The Morgan fingerprint density at radius 2 is 2.09 bits per heavy atom. The fourth-order valence-electron chi connectivity index (χ4n) is 5.55. The van der Waals surface area contributed by atoms with Crippen LogP contribution in [0, 0.1) is 29.5 Å². The Morgan fingerprint density at radius 3 is 2.74 bits per heavy atom. The molecule has 0 amide bonds. The molecule has 0 atom stereocenters. The van der Waals surface area contributed by atoms with Gasteiger partial charge in [-0.3, -0.25) is 9.89 Å². The molecule has 5 rings (SSSR count). The summed E-state index contributed by atoms with van der Waals surface area (Å²) in [6.07, 6.45) is 3.12. The van der Waals surface area contributed by atoms with Gasteiger partial charge in [0, 0.05) is 34.0 Å². The maximum Gasteiger partial charge on any atom is 0.309 e. The number of hydrogen-bond donors (Lipinski definition) is 2. The molecule has 2 heterocycles. The van der Waals surface area contributed by atoms with E-state index in [4.69, 9.17) is 0 Å². The van der Waals surface area contributed by atoms with Crippen LogP contribution in [0.25, 0.3) is 27.5 Å². The predicted octanol–water partition coefficient (Wildman–Crippen LogP) is 6.11. The highest BCUT2D eigenvalue weighted by Crippen LogP contribution is 2.56. The number of hydrogen-bond acceptors (Lipinski definition) is 3. The number of benzene rings is 2. The van der Waals surface area contributed by atoms with Gasteiger partial charge in [0.05, 0.1) is 28.7 Å². The van der Waals surface area contributed by atoms with E-state index in [2.05, 4.69) is 33.0 Å². The van der Waals surface area contributed by atoms with Crippen LogP contribution in [0.2, 0.25) is 0 Å². The Hall–Kier alpha value is -3.66. The van der Waals surface area contributed by atoms with Crippen molar-refractivity contribution < 1.29 is 14.3 Å². The molecule has 2 N–H and O–H groups in total. The van der Waals surface area contributed by atoms with Gasteiger partial charge in [0.25, 0.3) is 0 Å². The molecule has 34 heavy (non-hydrogen) atoms. The van der Waals surface area contributed by atoms with Crippen LogP contribution >= 0.6 is 0 Å². The van der Waals surface area contributed by atoms with Crippen LogP contribution in [0.3, 0.4) is 0 Å². The number of aryl methyl sites for hydroxylation is 1. The first-order chi connectivity index (χ1) is 16.1. The second kappa shape index (κ2) is 7.42. The highest BCUT2D eigenvalue weighted by Gasteiger charge is 2.49. The number of nitrogens with zero attached hydrogens (tertiary/aromatic N) is 3. The van der Waals surface area contributed by atoms with E-state index in [1.54, 1.807) is 26.1 Å². The summed E-state index contributed by atoms with van der Waals surface area (Å²) in [5.41, 5.74) is 3.97. The Kier molecular flexibility index (Phi) is 4.84. The summed E-state index contributed by atoms with van der Waals surface area (Å²) in [6.45, 7) is 7.62. The summed E-state index contributed by atoms with van der Waals surface area (Å²) < 4.78 is 16.3. The van der Waals surface area contributed by atoms with Crippen LogP contribution in [-0.2, 0) is 10.2 Å². The van der Waals surface area contributed by atoms with Crippen molar-refractivity contribution >= 4 is 27.8 Å². The predicted molar refractivity (Wildman–Crippen MR) is 129 cm³/mol. The molecule has 1 saturated carbocycles. The number of carbonyl (C=O) groups is 1. The van der Waals surface area contributed by atoms with E-state index in [1.165, 1.54) is 6.07 Å². The monoisotopic (exact) mass is 458 g/mol. The molecular weight excluding hydrogens is 431 g/mol.